The second kappa shape index (κ2) is 5.03. The normalized spacial score (nSPS) is 10.2. The summed E-state index contributed by atoms with van der Waals surface area (Å²) in [7, 11) is 1.22. The molecule has 0 aliphatic rings. The molecule has 0 spiro atoms. The van der Waals surface area contributed by atoms with E-state index in [0.29, 0.717) is 0 Å². The Bertz CT molecular complexity index is 616. The van der Waals surface area contributed by atoms with E-state index in [9.17, 15) is 13.2 Å². The number of pyridine rings is 1. The lowest BCUT2D eigenvalue weighted by molar-refractivity contribution is 0.209. The number of hydrogen-bond acceptors (Lipinski definition) is 4. The lowest BCUT2D eigenvalue weighted by Crippen LogP contribution is -2.10. The van der Waals surface area contributed by atoms with Crippen molar-refractivity contribution in [2.24, 2.45) is 0 Å². The Morgan fingerprint density at radius 1 is 1.53 bits per heavy atom. The molecule has 1 rings (SSSR count). The molecule has 90 valence electrons. The zero-order chi connectivity index (χ0) is 13.1. The Labute approximate surface area is 102 Å². The zero-order valence-corrected chi connectivity index (χ0v) is 10.1. The van der Waals surface area contributed by atoms with E-state index in [-0.39, 0.29) is 16.4 Å². The van der Waals surface area contributed by atoms with Gasteiger partial charge < -0.3 is 5.11 Å². The number of rotatable bonds is 2. The smallest absolute Gasteiger partial charge is 0.410 e. The molecule has 0 atom stereocenters. The molecule has 6 nitrogen and oxygen atoms in total. The summed E-state index contributed by atoms with van der Waals surface area (Å²) in [5.41, 5.74) is -0.103. The maximum Gasteiger partial charge on any atom is 0.410 e. The van der Waals surface area contributed by atoms with Gasteiger partial charge in [0.25, 0.3) is 9.05 Å². The molecule has 0 radical (unpaired) electrons. The van der Waals surface area contributed by atoms with E-state index in [1.165, 1.54) is 13.0 Å². The molecular formula is C9H7ClN2O4S. The molecule has 1 amide bonds. The van der Waals surface area contributed by atoms with Crippen molar-refractivity contribution in [2.45, 2.75) is 11.8 Å². The predicted octanol–water partition coefficient (Wildman–Crippen LogP) is 1.47. The number of hydrogen-bond donors (Lipinski definition) is 2. The molecule has 0 unspecified atom stereocenters. The van der Waals surface area contributed by atoms with E-state index >= 15 is 0 Å². The summed E-state index contributed by atoms with van der Waals surface area (Å²) in [5.74, 6) is 4.88. The molecular weight excluding hydrogens is 268 g/mol. The van der Waals surface area contributed by atoms with E-state index in [2.05, 4.69) is 16.8 Å². The number of amides is 1. The predicted molar refractivity (Wildman–Crippen MR) is 61.5 cm³/mol. The van der Waals surface area contributed by atoms with Gasteiger partial charge in [0.1, 0.15) is 16.4 Å². The average molecular weight is 275 g/mol. The molecule has 0 aromatic carbocycles. The lowest BCUT2D eigenvalue weighted by Gasteiger charge is -2.03. The van der Waals surface area contributed by atoms with Crippen molar-refractivity contribution >= 4 is 31.6 Å². The maximum atomic E-state index is 11.2. The van der Waals surface area contributed by atoms with E-state index in [1.807, 2.05) is 5.32 Å². The summed E-state index contributed by atoms with van der Waals surface area (Å²) < 4.78 is 22.4. The van der Waals surface area contributed by atoms with Crippen molar-refractivity contribution in [1.82, 2.24) is 4.98 Å². The van der Waals surface area contributed by atoms with Crippen molar-refractivity contribution in [1.29, 1.82) is 0 Å². The fraction of sp³-hybridized carbons (Fsp3) is 0.111. The molecule has 1 aromatic heterocycles. The van der Waals surface area contributed by atoms with Crippen molar-refractivity contribution in [3.8, 4) is 11.8 Å². The second-order valence-electron chi connectivity index (χ2n) is 2.79. The minimum atomic E-state index is -3.97. The van der Waals surface area contributed by atoms with Crippen molar-refractivity contribution in [3.05, 3.63) is 17.8 Å². The first-order valence-corrected chi connectivity index (χ1v) is 6.54. The number of nitrogens with one attached hydrogen (secondary N) is 1. The fourth-order valence-electron chi connectivity index (χ4n) is 1.03. The topological polar surface area (TPSA) is 96.4 Å². The van der Waals surface area contributed by atoms with Crippen LogP contribution in [0.5, 0.6) is 0 Å². The van der Waals surface area contributed by atoms with Crippen LogP contribution in [-0.2, 0) is 9.05 Å². The van der Waals surface area contributed by atoms with Crippen LogP contribution in [0.15, 0.2) is 17.0 Å². The highest BCUT2D eigenvalue weighted by atomic mass is 35.7. The summed E-state index contributed by atoms with van der Waals surface area (Å²) in [5, 5.41) is 10.5. The number of halogens is 1. The van der Waals surface area contributed by atoms with Crippen LogP contribution in [0.25, 0.3) is 0 Å². The van der Waals surface area contributed by atoms with Gasteiger partial charge in [0.05, 0.1) is 0 Å². The summed E-state index contributed by atoms with van der Waals surface area (Å²) in [4.78, 5) is 13.9. The van der Waals surface area contributed by atoms with Gasteiger partial charge in [-0.05, 0) is 25.0 Å². The van der Waals surface area contributed by atoms with Crippen LogP contribution in [0.4, 0.5) is 10.6 Å². The summed E-state index contributed by atoms with van der Waals surface area (Å²) in [6.45, 7) is 1.49. The Kier molecular flexibility index (Phi) is 3.93. The van der Waals surface area contributed by atoms with Crippen LogP contribution >= 0.6 is 10.7 Å². The Hall–Kier alpha value is -1.78. The number of nitrogens with zero attached hydrogens (tertiary/aromatic N) is 1. The quantitative estimate of drug-likeness (QED) is 0.629. The van der Waals surface area contributed by atoms with Crippen molar-refractivity contribution in [3.63, 3.8) is 0 Å². The standard InChI is InChI=1S/C9H7ClN2O4S/c1-2-3-6-7(17(10,15)16)4-5-8(11-6)12-9(13)14/h4-5H,1H3,(H,11,12)(H,13,14). The van der Waals surface area contributed by atoms with Gasteiger partial charge in [0, 0.05) is 10.7 Å². The van der Waals surface area contributed by atoms with Crippen LogP contribution in [-0.4, -0.2) is 24.6 Å². The van der Waals surface area contributed by atoms with Gasteiger partial charge in [0.2, 0.25) is 0 Å². The molecule has 0 aliphatic heterocycles. The zero-order valence-electron chi connectivity index (χ0n) is 8.56. The van der Waals surface area contributed by atoms with Gasteiger partial charge in [-0.15, -0.1) is 0 Å². The van der Waals surface area contributed by atoms with Crippen LogP contribution in [0.3, 0.4) is 0 Å². The van der Waals surface area contributed by atoms with Crippen LogP contribution < -0.4 is 5.32 Å². The SMILES string of the molecule is CC#Cc1nc(NC(=O)O)ccc1S(=O)(=O)Cl. The van der Waals surface area contributed by atoms with E-state index in [4.69, 9.17) is 15.8 Å². The highest BCUT2D eigenvalue weighted by Gasteiger charge is 2.16. The molecule has 17 heavy (non-hydrogen) atoms. The van der Waals surface area contributed by atoms with Gasteiger partial charge in [0.15, 0.2) is 0 Å². The Morgan fingerprint density at radius 2 is 2.18 bits per heavy atom. The maximum absolute atomic E-state index is 11.2. The van der Waals surface area contributed by atoms with Crippen molar-refractivity contribution < 1.29 is 18.3 Å². The molecule has 0 fully saturated rings. The van der Waals surface area contributed by atoms with Crippen LogP contribution in [0.1, 0.15) is 12.6 Å². The monoisotopic (exact) mass is 274 g/mol. The first-order valence-electron chi connectivity index (χ1n) is 4.23. The Morgan fingerprint density at radius 3 is 2.65 bits per heavy atom. The molecule has 0 saturated carbocycles. The molecule has 0 saturated heterocycles. The fourth-order valence-corrected chi connectivity index (χ4v) is 1.96. The van der Waals surface area contributed by atoms with Gasteiger partial charge in [-0.1, -0.05) is 5.92 Å². The molecule has 8 heteroatoms. The summed E-state index contributed by atoms with van der Waals surface area (Å²) >= 11 is 0. The van der Waals surface area contributed by atoms with Crippen LogP contribution in [0, 0.1) is 11.8 Å². The first kappa shape index (κ1) is 13.3. The number of carboxylic acid groups (broad SMARTS) is 1. The number of anilines is 1. The molecule has 2 N–H and O–H groups in total. The minimum Gasteiger partial charge on any atom is -0.465 e. The van der Waals surface area contributed by atoms with Gasteiger partial charge in [-0.25, -0.2) is 18.2 Å². The Balaban J connectivity index is 3.35. The third-order valence-corrected chi connectivity index (χ3v) is 2.95. The highest BCUT2D eigenvalue weighted by Crippen LogP contribution is 2.19. The van der Waals surface area contributed by atoms with Crippen molar-refractivity contribution in [2.75, 3.05) is 5.32 Å². The lowest BCUT2D eigenvalue weighted by atomic mass is 10.3. The van der Waals surface area contributed by atoms with E-state index < -0.39 is 15.1 Å². The second-order valence-corrected chi connectivity index (χ2v) is 5.32. The summed E-state index contributed by atoms with van der Waals surface area (Å²) in [6, 6.07) is 2.32. The van der Waals surface area contributed by atoms with Gasteiger partial charge in [-0.2, -0.15) is 0 Å². The third kappa shape index (κ3) is 3.62. The molecule has 0 aliphatic carbocycles. The summed E-state index contributed by atoms with van der Waals surface area (Å²) in [6.07, 6.45) is -1.31. The van der Waals surface area contributed by atoms with Gasteiger partial charge >= 0.3 is 6.09 Å². The molecule has 1 aromatic rings. The minimum absolute atomic E-state index is 0.0284. The van der Waals surface area contributed by atoms with E-state index in [1.54, 1.807) is 0 Å². The first-order chi connectivity index (χ1) is 7.84. The van der Waals surface area contributed by atoms with Gasteiger partial charge in [-0.3, -0.25) is 5.32 Å². The number of carbonyl (C=O) groups is 1. The average Bonchev–Trinajstić information content (AvgIpc) is 2.15. The highest BCUT2D eigenvalue weighted by molar-refractivity contribution is 8.13. The number of aromatic nitrogens is 1. The largest absolute Gasteiger partial charge is 0.465 e. The third-order valence-electron chi connectivity index (χ3n) is 1.60. The van der Waals surface area contributed by atoms with Crippen LogP contribution in [0.2, 0.25) is 0 Å². The van der Waals surface area contributed by atoms with E-state index in [0.717, 1.165) is 6.07 Å². The molecule has 0 bridgehead atoms. The molecule has 1 heterocycles.